The molecule has 1 aliphatic rings. The summed E-state index contributed by atoms with van der Waals surface area (Å²) in [5, 5.41) is 16.7. The lowest BCUT2D eigenvalue weighted by Crippen LogP contribution is -2.42. The third-order valence-electron chi connectivity index (χ3n) is 4.45. The van der Waals surface area contributed by atoms with Crippen LogP contribution in [0, 0.1) is 10.1 Å². The molecule has 2 aromatic rings. The Hall–Kier alpha value is -3.62. The van der Waals surface area contributed by atoms with E-state index in [0.29, 0.717) is 22.8 Å². The number of fused-ring (bicyclic) bond motifs is 1. The van der Waals surface area contributed by atoms with Gasteiger partial charge >= 0.3 is 0 Å². The molecule has 0 aliphatic carbocycles. The van der Waals surface area contributed by atoms with Crippen molar-refractivity contribution in [1.82, 2.24) is 0 Å². The van der Waals surface area contributed by atoms with Crippen molar-refractivity contribution in [3.63, 3.8) is 0 Å². The highest BCUT2D eigenvalue weighted by molar-refractivity contribution is 6.05. The van der Waals surface area contributed by atoms with E-state index in [9.17, 15) is 19.7 Å². The van der Waals surface area contributed by atoms with Gasteiger partial charge in [-0.25, -0.2) is 0 Å². The summed E-state index contributed by atoms with van der Waals surface area (Å²) in [7, 11) is 1.44. The van der Waals surface area contributed by atoms with Gasteiger partial charge in [0.05, 0.1) is 35.6 Å². The lowest BCUT2D eigenvalue weighted by atomic mass is 10.1. The molecule has 2 amide bonds. The molecule has 1 unspecified atom stereocenters. The minimum atomic E-state index is -0.517. The van der Waals surface area contributed by atoms with Crippen molar-refractivity contribution >= 4 is 34.6 Å². The van der Waals surface area contributed by atoms with E-state index in [2.05, 4.69) is 10.6 Å². The predicted octanol–water partition coefficient (Wildman–Crippen LogP) is 2.78. The fourth-order valence-electron chi connectivity index (χ4n) is 3.17. The highest BCUT2D eigenvalue weighted by Crippen LogP contribution is 2.32. The number of ether oxygens (including phenoxy) is 1. The number of methoxy groups -OCH3 is 1. The van der Waals surface area contributed by atoms with Gasteiger partial charge < -0.3 is 20.3 Å². The number of nitrogens with one attached hydrogen (secondary N) is 2. The second-order valence-corrected chi connectivity index (χ2v) is 6.38. The number of anilines is 3. The number of nitro groups is 1. The number of hydrogen-bond donors (Lipinski definition) is 2. The number of nitro benzene ring substituents is 1. The maximum Gasteiger partial charge on any atom is 0.271 e. The van der Waals surface area contributed by atoms with Gasteiger partial charge in [0.25, 0.3) is 5.69 Å². The van der Waals surface area contributed by atoms with Crippen LogP contribution in [0.1, 0.15) is 13.3 Å². The lowest BCUT2D eigenvalue weighted by Gasteiger charge is -2.28. The Morgan fingerprint density at radius 1 is 1.36 bits per heavy atom. The summed E-state index contributed by atoms with van der Waals surface area (Å²) in [6, 6.07) is 10.9. The quantitative estimate of drug-likeness (QED) is 0.605. The van der Waals surface area contributed by atoms with Crippen molar-refractivity contribution in [2.75, 3.05) is 29.2 Å². The van der Waals surface area contributed by atoms with Gasteiger partial charge in [0, 0.05) is 24.6 Å². The van der Waals surface area contributed by atoms with Crippen molar-refractivity contribution in [1.29, 1.82) is 0 Å². The summed E-state index contributed by atoms with van der Waals surface area (Å²) in [5.41, 5.74) is 1.41. The van der Waals surface area contributed by atoms with E-state index < -0.39 is 4.92 Å². The fraction of sp³-hybridized carbons (Fsp3) is 0.263. The van der Waals surface area contributed by atoms with Crippen LogP contribution in [0.5, 0.6) is 5.75 Å². The minimum absolute atomic E-state index is 0.112. The Morgan fingerprint density at radius 2 is 2.11 bits per heavy atom. The number of nitrogens with zero attached hydrogens (tertiary/aromatic N) is 2. The SMILES string of the molecule is COc1ccc([N+](=O)[O-])cc1NCC(=O)N1c2ccccc2NC(=O)CC1C. The number of para-hydroxylation sites is 2. The summed E-state index contributed by atoms with van der Waals surface area (Å²) in [4.78, 5) is 37.1. The molecule has 2 aromatic carbocycles. The number of rotatable bonds is 5. The second kappa shape index (κ2) is 7.95. The number of hydrogen-bond acceptors (Lipinski definition) is 6. The Morgan fingerprint density at radius 3 is 2.82 bits per heavy atom. The third kappa shape index (κ3) is 3.88. The zero-order chi connectivity index (χ0) is 20.3. The molecule has 146 valence electrons. The van der Waals surface area contributed by atoms with Gasteiger partial charge in [-0.2, -0.15) is 0 Å². The van der Waals surface area contributed by atoms with Gasteiger partial charge in [-0.1, -0.05) is 12.1 Å². The molecule has 28 heavy (non-hydrogen) atoms. The monoisotopic (exact) mass is 384 g/mol. The standard InChI is InChI=1S/C19H20N4O5/c1-12-9-18(24)21-14-5-3-4-6-16(14)22(12)19(25)11-20-15-10-13(23(26)27)7-8-17(15)28-2/h3-8,10,12,20H,9,11H2,1-2H3,(H,21,24). The van der Waals surface area contributed by atoms with Gasteiger partial charge in [-0.15, -0.1) is 0 Å². The zero-order valence-electron chi connectivity index (χ0n) is 15.5. The summed E-state index contributed by atoms with van der Waals surface area (Å²) in [6.07, 6.45) is 0.167. The minimum Gasteiger partial charge on any atom is -0.495 e. The molecule has 2 N–H and O–H groups in total. The molecule has 9 nitrogen and oxygen atoms in total. The van der Waals surface area contributed by atoms with Crippen LogP contribution in [0.4, 0.5) is 22.7 Å². The van der Waals surface area contributed by atoms with Crippen LogP contribution < -0.4 is 20.3 Å². The Kier molecular flexibility index (Phi) is 5.44. The highest BCUT2D eigenvalue weighted by Gasteiger charge is 2.29. The molecular weight excluding hydrogens is 364 g/mol. The van der Waals surface area contributed by atoms with E-state index >= 15 is 0 Å². The average Bonchev–Trinajstić information content (AvgIpc) is 2.79. The molecule has 1 heterocycles. The van der Waals surface area contributed by atoms with Gasteiger partial charge in [0.15, 0.2) is 0 Å². The molecule has 0 saturated heterocycles. The number of amides is 2. The molecule has 1 aliphatic heterocycles. The largest absolute Gasteiger partial charge is 0.495 e. The Bertz CT molecular complexity index is 930. The molecule has 0 bridgehead atoms. The third-order valence-corrected chi connectivity index (χ3v) is 4.45. The van der Waals surface area contributed by atoms with Crippen LogP contribution in [0.3, 0.4) is 0 Å². The molecule has 0 spiro atoms. The summed E-state index contributed by atoms with van der Waals surface area (Å²) in [6.45, 7) is 1.68. The lowest BCUT2D eigenvalue weighted by molar-refractivity contribution is -0.384. The van der Waals surface area contributed by atoms with E-state index in [1.165, 1.54) is 25.3 Å². The van der Waals surface area contributed by atoms with Crippen LogP contribution in [-0.4, -0.2) is 36.4 Å². The Labute approximate surface area is 161 Å². The van der Waals surface area contributed by atoms with E-state index in [1.807, 2.05) is 0 Å². The Balaban J connectivity index is 1.84. The van der Waals surface area contributed by atoms with Crippen molar-refractivity contribution in [3.8, 4) is 5.75 Å². The van der Waals surface area contributed by atoms with Crippen molar-refractivity contribution in [3.05, 3.63) is 52.6 Å². The summed E-state index contributed by atoms with van der Waals surface area (Å²) >= 11 is 0. The zero-order valence-corrected chi connectivity index (χ0v) is 15.5. The molecule has 0 aromatic heterocycles. The number of benzene rings is 2. The number of carbonyl (C=O) groups excluding carboxylic acids is 2. The smallest absolute Gasteiger partial charge is 0.271 e. The first-order valence-electron chi connectivity index (χ1n) is 8.68. The van der Waals surface area contributed by atoms with Crippen LogP contribution >= 0.6 is 0 Å². The van der Waals surface area contributed by atoms with Gasteiger partial charge in [0.2, 0.25) is 11.8 Å². The van der Waals surface area contributed by atoms with Crippen molar-refractivity contribution in [2.24, 2.45) is 0 Å². The topological polar surface area (TPSA) is 114 Å². The summed E-state index contributed by atoms with van der Waals surface area (Å²) in [5.74, 6) is -0.0480. The van der Waals surface area contributed by atoms with E-state index in [4.69, 9.17) is 4.74 Å². The van der Waals surface area contributed by atoms with E-state index in [1.54, 1.807) is 36.1 Å². The fourth-order valence-corrected chi connectivity index (χ4v) is 3.17. The number of non-ortho nitro benzene ring substituents is 1. The average molecular weight is 384 g/mol. The maximum atomic E-state index is 13.0. The highest BCUT2D eigenvalue weighted by atomic mass is 16.6. The first-order chi connectivity index (χ1) is 13.4. The van der Waals surface area contributed by atoms with Crippen molar-refractivity contribution in [2.45, 2.75) is 19.4 Å². The van der Waals surface area contributed by atoms with Crippen LogP contribution in [0.2, 0.25) is 0 Å². The molecule has 3 rings (SSSR count). The van der Waals surface area contributed by atoms with Crippen LogP contribution in [0.15, 0.2) is 42.5 Å². The van der Waals surface area contributed by atoms with Gasteiger partial charge in [-0.05, 0) is 25.1 Å². The maximum absolute atomic E-state index is 13.0. The molecule has 0 saturated carbocycles. The summed E-state index contributed by atoms with van der Waals surface area (Å²) < 4.78 is 5.20. The molecular formula is C19H20N4O5. The van der Waals surface area contributed by atoms with Gasteiger partial charge in [-0.3, -0.25) is 19.7 Å². The van der Waals surface area contributed by atoms with Gasteiger partial charge in [0.1, 0.15) is 5.75 Å². The molecule has 0 fully saturated rings. The number of carbonyl (C=O) groups is 2. The molecule has 9 heteroatoms. The van der Waals surface area contributed by atoms with Crippen LogP contribution in [0.25, 0.3) is 0 Å². The normalized spacial score (nSPS) is 15.9. The molecule has 1 atom stereocenters. The van der Waals surface area contributed by atoms with E-state index in [0.717, 1.165) is 0 Å². The van der Waals surface area contributed by atoms with E-state index in [-0.39, 0.29) is 36.5 Å². The predicted molar refractivity (Wildman–Crippen MR) is 105 cm³/mol. The van der Waals surface area contributed by atoms with Crippen molar-refractivity contribution < 1.29 is 19.2 Å². The van der Waals surface area contributed by atoms with Crippen LogP contribution in [-0.2, 0) is 9.59 Å². The first kappa shape index (κ1) is 19.2. The second-order valence-electron chi connectivity index (χ2n) is 6.38. The molecule has 0 radical (unpaired) electrons. The first-order valence-corrected chi connectivity index (χ1v) is 8.68.